The summed E-state index contributed by atoms with van der Waals surface area (Å²) < 4.78 is 31.9. The number of aryl methyl sites for hydroxylation is 1. The number of nitrogens with zero attached hydrogens (tertiary/aromatic N) is 3. The molecule has 1 aliphatic rings. The molecule has 0 bridgehead atoms. The Morgan fingerprint density at radius 2 is 1.75 bits per heavy atom. The summed E-state index contributed by atoms with van der Waals surface area (Å²) in [6.07, 6.45) is 4.47. The summed E-state index contributed by atoms with van der Waals surface area (Å²) >= 11 is 0. The number of carbonyl (C=O) groups is 2. The normalized spacial score (nSPS) is 15.2. The summed E-state index contributed by atoms with van der Waals surface area (Å²) in [6, 6.07) is 12.7. The highest BCUT2D eigenvalue weighted by Crippen LogP contribution is 2.39. The molecule has 1 amide bonds. The number of carboxylic acid groups (broad SMARTS) is 1. The van der Waals surface area contributed by atoms with Gasteiger partial charge in [-0.05, 0) is 81.4 Å². The maximum absolute atomic E-state index is 14.9. The highest BCUT2D eigenvalue weighted by atomic mass is 19.1. The molecule has 0 saturated carbocycles. The lowest BCUT2D eigenvalue weighted by molar-refractivity contribution is -0.114. The minimum Gasteiger partial charge on any atom is -0.494 e. The number of ether oxygens (including phenoxy) is 3. The molecule has 3 aromatic carbocycles. The molecule has 1 fully saturated rings. The lowest BCUT2D eigenvalue weighted by Crippen LogP contribution is -2.24. The molecule has 1 aromatic heterocycles. The number of amides is 1. The second kappa shape index (κ2) is 13.0. The third-order valence-corrected chi connectivity index (χ3v) is 7.42. The number of hydrogen-bond donors (Lipinski definition) is 3. The number of halogens is 1. The fourth-order valence-corrected chi connectivity index (χ4v) is 4.99. The lowest BCUT2D eigenvalue weighted by Gasteiger charge is -2.17. The van der Waals surface area contributed by atoms with Crippen LogP contribution in [0.3, 0.4) is 0 Å². The van der Waals surface area contributed by atoms with Crippen molar-refractivity contribution in [2.75, 3.05) is 38.4 Å². The third kappa shape index (κ3) is 6.55. The van der Waals surface area contributed by atoms with Crippen molar-refractivity contribution in [2.24, 2.45) is 0 Å². The van der Waals surface area contributed by atoms with Crippen molar-refractivity contribution < 1.29 is 33.3 Å². The van der Waals surface area contributed by atoms with Crippen LogP contribution in [-0.4, -0.2) is 65.7 Å². The average molecular weight is 602 g/mol. The predicted molar refractivity (Wildman–Crippen MR) is 164 cm³/mol. The zero-order valence-corrected chi connectivity index (χ0v) is 24.7. The molecule has 1 aliphatic heterocycles. The first kappa shape index (κ1) is 30.2. The Hall–Kier alpha value is -5.23. The number of rotatable bonds is 10. The van der Waals surface area contributed by atoms with Gasteiger partial charge in [0.05, 0.1) is 36.7 Å². The van der Waals surface area contributed by atoms with E-state index in [4.69, 9.17) is 19.3 Å². The number of benzene rings is 3. The molecule has 1 unspecified atom stereocenters. The molecule has 4 aromatic rings. The second-order valence-corrected chi connectivity index (χ2v) is 10.3. The Kier molecular flexibility index (Phi) is 8.91. The summed E-state index contributed by atoms with van der Waals surface area (Å²) in [5.74, 6) is -0.616. The van der Waals surface area contributed by atoms with Crippen molar-refractivity contribution in [3.63, 3.8) is 0 Å². The smallest absolute Gasteiger partial charge is 0.335 e. The minimum atomic E-state index is -1.02. The fourth-order valence-electron chi connectivity index (χ4n) is 4.99. The van der Waals surface area contributed by atoms with E-state index in [9.17, 15) is 14.0 Å². The molecule has 12 heteroatoms. The molecule has 1 saturated heterocycles. The number of likely N-dealkylation sites (tertiary alicyclic amines) is 1. The number of carboxylic acids is 1. The number of aromatic nitrogens is 2. The molecule has 0 spiro atoms. The van der Waals surface area contributed by atoms with Gasteiger partial charge in [-0.15, -0.1) is 0 Å². The van der Waals surface area contributed by atoms with Crippen LogP contribution in [0.5, 0.6) is 23.0 Å². The topological polar surface area (TPSA) is 135 Å². The van der Waals surface area contributed by atoms with E-state index < -0.39 is 17.7 Å². The largest absolute Gasteiger partial charge is 0.494 e. The van der Waals surface area contributed by atoms with Gasteiger partial charge < -0.3 is 30.0 Å². The predicted octanol–water partition coefficient (Wildman–Crippen LogP) is 6.08. The zero-order chi connectivity index (χ0) is 31.4. The number of carbonyl (C=O) groups excluding carboxylic acids is 1. The van der Waals surface area contributed by atoms with Crippen LogP contribution in [0.1, 0.15) is 28.8 Å². The Morgan fingerprint density at radius 3 is 2.41 bits per heavy atom. The molecule has 11 nitrogen and oxygen atoms in total. The van der Waals surface area contributed by atoms with Gasteiger partial charge in [0.1, 0.15) is 35.1 Å². The number of fused-ring (bicyclic) bond motifs is 1. The van der Waals surface area contributed by atoms with Crippen molar-refractivity contribution in [3.05, 3.63) is 77.9 Å². The molecule has 0 aliphatic carbocycles. The van der Waals surface area contributed by atoms with Gasteiger partial charge in [-0.3, -0.25) is 9.69 Å². The third-order valence-electron chi connectivity index (χ3n) is 7.42. The summed E-state index contributed by atoms with van der Waals surface area (Å²) in [7, 11) is 4.87. The highest BCUT2D eigenvalue weighted by molar-refractivity contribution is 6.05. The number of anilines is 3. The van der Waals surface area contributed by atoms with Crippen LogP contribution in [0.4, 0.5) is 21.6 Å². The summed E-state index contributed by atoms with van der Waals surface area (Å²) in [6.45, 7) is 2.71. The fraction of sp³-hybridized carbons (Fsp3) is 0.250. The Morgan fingerprint density at radius 1 is 1.02 bits per heavy atom. The molecule has 228 valence electrons. The van der Waals surface area contributed by atoms with Crippen molar-refractivity contribution >= 4 is 40.0 Å². The minimum absolute atomic E-state index is 0.129. The zero-order valence-electron chi connectivity index (χ0n) is 24.7. The van der Waals surface area contributed by atoms with Gasteiger partial charge in [-0.1, -0.05) is 0 Å². The molecule has 5 rings (SSSR count). The van der Waals surface area contributed by atoms with Crippen molar-refractivity contribution in [1.82, 2.24) is 14.9 Å². The van der Waals surface area contributed by atoms with E-state index in [0.717, 1.165) is 24.9 Å². The highest BCUT2D eigenvalue weighted by Gasteiger charge is 2.22. The lowest BCUT2D eigenvalue weighted by atomic mass is 10.1. The average Bonchev–Trinajstić information content (AvgIpc) is 3.42. The quantitative estimate of drug-likeness (QED) is 0.184. The van der Waals surface area contributed by atoms with Crippen molar-refractivity contribution in [1.29, 1.82) is 0 Å². The van der Waals surface area contributed by atoms with Crippen LogP contribution >= 0.6 is 0 Å². The number of methoxy groups -OCH3 is 2. The maximum Gasteiger partial charge on any atom is 0.335 e. The van der Waals surface area contributed by atoms with Gasteiger partial charge in [0.25, 0.3) is 5.91 Å². The van der Waals surface area contributed by atoms with E-state index in [-0.39, 0.29) is 17.3 Å². The van der Waals surface area contributed by atoms with Crippen LogP contribution < -0.4 is 24.8 Å². The van der Waals surface area contributed by atoms with Crippen LogP contribution in [0, 0.1) is 6.92 Å². The number of hydrogen-bond acceptors (Lipinski definition) is 9. The van der Waals surface area contributed by atoms with E-state index in [1.165, 1.54) is 38.8 Å². The van der Waals surface area contributed by atoms with E-state index in [1.807, 2.05) is 24.9 Å². The van der Waals surface area contributed by atoms with Gasteiger partial charge in [0.15, 0.2) is 5.83 Å². The van der Waals surface area contributed by atoms with Crippen LogP contribution in [-0.2, 0) is 4.79 Å². The molecule has 3 N–H and O–H groups in total. The van der Waals surface area contributed by atoms with Gasteiger partial charge in [0.2, 0.25) is 0 Å². The Bertz CT molecular complexity index is 1740. The molecule has 2 heterocycles. The Balaban J connectivity index is 1.42. The van der Waals surface area contributed by atoms with E-state index >= 15 is 0 Å². The number of nitrogens with one attached hydrogen (secondary N) is 2. The van der Waals surface area contributed by atoms with Crippen molar-refractivity contribution in [2.45, 2.75) is 25.8 Å². The summed E-state index contributed by atoms with van der Waals surface area (Å²) in [5.41, 5.74) is 2.28. The van der Waals surface area contributed by atoms with E-state index in [1.54, 1.807) is 30.3 Å². The first-order valence-corrected chi connectivity index (χ1v) is 13.9. The second-order valence-electron chi connectivity index (χ2n) is 10.3. The maximum atomic E-state index is 14.9. The van der Waals surface area contributed by atoms with E-state index in [2.05, 4.69) is 20.6 Å². The monoisotopic (exact) mass is 601 g/mol. The van der Waals surface area contributed by atoms with Crippen LogP contribution in [0.25, 0.3) is 10.9 Å². The SMILES string of the molecule is COc1cc2ncnc(Nc3cc(C)c(Oc4ccc(C(=O)O)cc4)cc3OC)c2cc1NC(=O)C(F)=CC1CCCN1C. The number of aromatic carboxylic acids is 1. The van der Waals surface area contributed by atoms with Gasteiger partial charge >= 0.3 is 5.97 Å². The van der Waals surface area contributed by atoms with Gasteiger partial charge in [0, 0.05) is 23.6 Å². The number of likely N-dealkylation sites (N-methyl/N-ethyl adjacent to an activating group) is 1. The standard InChI is InChI=1S/C32H32FN5O6/c1-18-12-25(29(43-4)16-27(18)44-21-9-7-19(8-10-21)32(40)41)36-30-22-14-26(28(42-3)15-24(22)34-17-35-30)37-31(39)23(33)13-20-6-5-11-38(20)2/h7-10,12-17,20H,5-6,11H2,1-4H3,(H,37,39)(H,40,41)(H,34,35,36). The van der Waals surface area contributed by atoms with Crippen LogP contribution in [0.2, 0.25) is 0 Å². The molecule has 44 heavy (non-hydrogen) atoms. The first-order valence-electron chi connectivity index (χ1n) is 13.9. The molecule has 1 atom stereocenters. The van der Waals surface area contributed by atoms with E-state index in [0.29, 0.717) is 45.4 Å². The summed E-state index contributed by atoms with van der Waals surface area (Å²) in [5, 5.41) is 15.6. The van der Waals surface area contributed by atoms with Crippen molar-refractivity contribution in [3.8, 4) is 23.0 Å². The first-order chi connectivity index (χ1) is 21.2. The molecular weight excluding hydrogens is 569 g/mol. The van der Waals surface area contributed by atoms with Gasteiger partial charge in [-0.2, -0.15) is 0 Å². The van der Waals surface area contributed by atoms with Gasteiger partial charge in [-0.25, -0.2) is 19.2 Å². The Labute approximate surface area is 253 Å². The molecular formula is C32H32FN5O6. The van der Waals surface area contributed by atoms with Crippen LogP contribution in [0.15, 0.2) is 66.8 Å². The molecule has 0 radical (unpaired) electrons. The summed E-state index contributed by atoms with van der Waals surface area (Å²) in [4.78, 5) is 34.7.